The lowest BCUT2D eigenvalue weighted by Gasteiger charge is -1.99. The minimum absolute atomic E-state index is 0.145. The average molecular weight is 444 g/mol. The van der Waals surface area contributed by atoms with Crippen molar-refractivity contribution in [1.29, 1.82) is 0 Å². The van der Waals surface area contributed by atoms with E-state index in [2.05, 4.69) is 21.9 Å². The largest absolute Gasteiger partial charge is 0.478 e. The number of nitrogens with one attached hydrogen (secondary N) is 1. The van der Waals surface area contributed by atoms with E-state index < -0.39 is 5.97 Å². The quantitative estimate of drug-likeness (QED) is 0.287. The van der Waals surface area contributed by atoms with E-state index in [9.17, 15) is 9.90 Å². The molecule has 0 amide bonds. The van der Waals surface area contributed by atoms with Crippen molar-refractivity contribution in [3.8, 4) is 22.0 Å². The third-order valence-electron chi connectivity index (χ3n) is 4.82. The highest BCUT2D eigenvalue weighted by Crippen LogP contribution is 2.31. The van der Waals surface area contributed by atoms with E-state index in [0.717, 1.165) is 11.4 Å². The van der Waals surface area contributed by atoms with Crippen molar-refractivity contribution in [2.45, 2.75) is 58.3 Å². The molecule has 3 heterocycles. The lowest BCUT2D eigenvalue weighted by molar-refractivity contribution is 0.0698. The van der Waals surface area contributed by atoms with Gasteiger partial charge in [-0.1, -0.05) is 57.9 Å². The second kappa shape index (κ2) is 13.6. The number of aromatic amines is 1. The number of nitrogens with two attached hydrogens (primary N) is 2. The van der Waals surface area contributed by atoms with E-state index in [0.29, 0.717) is 17.1 Å². The molecule has 0 unspecified atom stereocenters. The summed E-state index contributed by atoms with van der Waals surface area (Å²) < 4.78 is 0. The number of aromatic nitrogens is 3. The Morgan fingerprint density at radius 3 is 2.42 bits per heavy atom. The van der Waals surface area contributed by atoms with Gasteiger partial charge in [-0.25, -0.2) is 14.8 Å². The van der Waals surface area contributed by atoms with Crippen molar-refractivity contribution >= 4 is 23.3 Å². The van der Waals surface area contributed by atoms with Gasteiger partial charge in [-0.05, 0) is 36.5 Å². The highest BCUT2D eigenvalue weighted by atomic mass is 32.1. The Morgan fingerprint density at radius 1 is 1.13 bits per heavy atom. The third-order valence-corrected chi connectivity index (χ3v) is 5.71. The SMILES string of the molecule is CCCCCCCCCCN.Nc1nccc(-c2cc(C(=O)O)c(-c3cccs3)[nH]2)n1. The molecule has 3 aromatic heterocycles. The first-order chi connectivity index (χ1) is 15.1. The highest BCUT2D eigenvalue weighted by molar-refractivity contribution is 7.13. The molecular weight excluding hydrogens is 410 g/mol. The topological polar surface area (TPSA) is 131 Å². The van der Waals surface area contributed by atoms with Crippen LogP contribution in [-0.2, 0) is 0 Å². The smallest absolute Gasteiger partial charge is 0.337 e. The summed E-state index contributed by atoms with van der Waals surface area (Å²) in [6.07, 6.45) is 12.5. The molecule has 31 heavy (non-hydrogen) atoms. The number of anilines is 1. The normalized spacial score (nSPS) is 10.5. The van der Waals surface area contributed by atoms with E-state index in [1.807, 2.05) is 17.5 Å². The monoisotopic (exact) mass is 443 g/mol. The van der Waals surface area contributed by atoms with Crippen molar-refractivity contribution < 1.29 is 9.90 Å². The number of nitrogen functional groups attached to an aromatic ring is 1. The van der Waals surface area contributed by atoms with Gasteiger partial charge in [0, 0.05) is 6.20 Å². The molecule has 0 aliphatic heterocycles. The van der Waals surface area contributed by atoms with Crippen molar-refractivity contribution in [1.82, 2.24) is 15.0 Å². The standard InChI is InChI=1S/C13H10N4O2S.C10H23N/c14-13-15-4-3-8(17-13)9-6-7(12(18)19)11(16-9)10-2-1-5-20-10;1-2-3-4-5-6-7-8-9-10-11/h1-6,16H,(H,18,19)(H2,14,15,17);2-11H2,1H3. The van der Waals surface area contributed by atoms with E-state index in [1.165, 1.54) is 68.9 Å². The number of aromatic carboxylic acids is 1. The molecule has 7 nitrogen and oxygen atoms in total. The average Bonchev–Trinajstić information content (AvgIpc) is 3.43. The van der Waals surface area contributed by atoms with Crippen molar-refractivity contribution in [3.63, 3.8) is 0 Å². The van der Waals surface area contributed by atoms with Crippen LogP contribution in [0.25, 0.3) is 22.0 Å². The molecule has 0 spiro atoms. The Balaban J connectivity index is 0.000000267. The van der Waals surface area contributed by atoms with Gasteiger partial charge in [0.2, 0.25) is 5.95 Å². The number of carbonyl (C=O) groups is 1. The Kier molecular flexibility index (Phi) is 10.7. The number of thiophene rings is 1. The first-order valence-corrected chi connectivity index (χ1v) is 11.7. The van der Waals surface area contributed by atoms with Crippen LogP contribution < -0.4 is 11.5 Å². The minimum Gasteiger partial charge on any atom is -0.478 e. The van der Waals surface area contributed by atoms with Gasteiger partial charge in [0.1, 0.15) is 0 Å². The number of H-pyrrole nitrogens is 1. The predicted octanol–water partition coefficient (Wildman–Crippen LogP) is 5.57. The van der Waals surface area contributed by atoms with Crippen LogP contribution in [0.2, 0.25) is 0 Å². The van der Waals surface area contributed by atoms with Crippen LogP contribution in [0.1, 0.15) is 68.6 Å². The number of hydrogen-bond acceptors (Lipinski definition) is 6. The zero-order valence-corrected chi connectivity index (χ0v) is 19.0. The van der Waals surface area contributed by atoms with Gasteiger partial charge in [-0.15, -0.1) is 11.3 Å². The summed E-state index contributed by atoms with van der Waals surface area (Å²) in [6, 6.07) is 6.96. The molecule has 6 N–H and O–H groups in total. The summed E-state index contributed by atoms with van der Waals surface area (Å²) in [6.45, 7) is 3.13. The third kappa shape index (κ3) is 8.15. The van der Waals surface area contributed by atoms with Crippen LogP contribution in [0.3, 0.4) is 0 Å². The second-order valence-electron chi connectivity index (χ2n) is 7.32. The van der Waals surface area contributed by atoms with E-state index in [-0.39, 0.29) is 11.5 Å². The zero-order chi connectivity index (χ0) is 22.5. The fraction of sp³-hybridized carbons (Fsp3) is 0.435. The molecular formula is C23H33N5O2S. The van der Waals surface area contributed by atoms with Gasteiger partial charge < -0.3 is 21.6 Å². The molecule has 0 radical (unpaired) electrons. The minimum atomic E-state index is -0.988. The molecule has 0 saturated carbocycles. The van der Waals surface area contributed by atoms with Crippen LogP contribution in [-0.4, -0.2) is 32.6 Å². The number of carboxylic acids is 1. The highest BCUT2D eigenvalue weighted by Gasteiger charge is 2.18. The summed E-state index contributed by atoms with van der Waals surface area (Å²) in [5.41, 5.74) is 12.9. The van der Waals surface area contributed by atoms with E-state index in [4.69, 9.17) is 11.5 Å². The molecule has 0 aromatic carbocycles. The molecule has 3 aromatic rings. The molecule has 0 aliphatic rings. The van der Waals surface area contributed by atoms with E-state index >= 15 is 0 Å². The zero-order valence-electron chi connectivity index (χ0n) is 18.1. The summed E-state index contributed by atoms with van der Waals surface area (Å²) in [5, 5.41) is 11.2. The van der Waals surface area contributed by atoms with E-state index in [1.54, 1.807) is 12.1 Å². The predicted molar refractivity (Wildman–Crippen MR) is 128 cm³/mol. The molecule has 0 fully saturated rings. The van der Waals surface area contributed by atoms with Gasteiger partial charge in [0.05, 0.1) is 27.5 Å². The number of carboxylic acid groups (broad SMARTS) is 1. The molecule has 0 aliphatic carbocycles. The van der Waals surface area contributed by atoms with Crippen LogP contribution >= 0.6 is 11.3 Å². The fourth-order valence-electron chi connectivity index (χ4n) is 3.18. The van der Waals surface area contributed by atoms with Crippen LogP contribution in [0.15, 0.2) is 35.8 Å². The maximum Gasteiger partial charge on any atom is 0.337 e. The Hall–Kier alpha value is -2.71. The summed E-state index contributed by atoms with van der Waals surface area (Å²) in [5.74, 6) is -0.843. The Bertz CT molecular complexity index is 901. The number of hydrogen-bond donors (Lipinski definition) is 4. The molecule has 0 bridgehead atoms. The van der Waals surface area contributed by atoms with Gasteiger partial charge in [-0.2, -0.15) is 0 Å². The van der Waals surface area contributed by atoms with Gasteiger partial charge in [0.25, 0.3) is 0 Å². The summed E-state index contributed by atoms with van der Waals surface area (Å²) in [7, 11) is 0. The molecule has 0 saturated heterocycles. The van der Waals surface area contributed by atoms with Crippen LogP contribution in [0.4, 0.5) is 5.95 Å². The second-order valence-corrected chi connectivity index (χ2v) is 8.27. The lowest BCUT2D eigenvalue weighted by atomic mass is 10.1. The Morgan fingerprint density at radius 2 is 1.84 bits per heavy atom. The molecule has 3 rings (SSSR count). The Labute approximate surface area is 187 Å². The summed E-state index contributed by atoms with van der Waals surface area (Å²) in [4.78, 5) is 23.2. The van der Waals surface area contributed by atoms with Crippen LogP contribution in [0.5, 0.6) is 0 Å². The van der Waals surface area contributed by atoms with Crippen molar-refractivity contribution in [2.24, 2.45) is 5.73 Å². The molecule has 8 heteroatoms. The first-order valence-electron chi connectivity index (χ1n) is 10.9. The maximum absolute atomic E-state index is 11.4. The van der Waals surface area contributed by atoms with Gasteiger partial charge >= 0.3 is 5.97 Å². The maximum atomic E-state index is 11.4. The molecule has 168 valence electrons. The van der Waals surface area contributed by atoms with Crippen molar-refractivity contribution in [3.05, 3.63) is 41.4 Å². The van der Waals surface area contributed by atoms with Crippen LogP contribution in [0, 0.1) is 0 Å². The first kappa shape index (κ1) is 24.6. The number of unbranched alkanes of at least 4 members (excludes halogenated alkanes) is 7. The number of rotatable bonds is 11. The fourth-order valence-corrected chi connectivity index (χ4v) is 3.92. The van der Waals surface area contributed by atoms with Gasteiger partial charge in [0.15, 0.2) is 0 Å². The number of nitrogens with zero attached hydrogens (tertiary/aromatic N) is 2. The lowest BCUT2D eigenvalue weighted by Crippen LogP contribution is -1.97. The summed E-state index contributed by atoms with van der Waals surface area (Å²) >= 11 is 1.47. The van der Waals surface area contributed by atoms with Crippen molar-refractivity contribution in [2.75, 3.05) is 12.3 Å². The van der Waals surface area contributed by atoms with Gasteiger partial charge in [-0.3, -0.25) is 0 Å². The molecule has 0 atom stereocenters.